The van der Waals surface area contributed by atoms with Crippen LogP contribution >= 0.6 is 0 Å². The Labute approximate surface area is 141 Å². The first kappa shape index (κ1) is 18.6. The highest BCUT2D eigenvalue weighted by Gasteiger charge is 2.26. The summed E-state index contributed by atoms with van der Waals surface area (Å²) in [4.78, 5) is 16.8. The van der Waals surface area contributed by atoms with Gasteiger partial charge in [0, 0.05) is 50.9 Å². The molecule has 1 aromatic carbocycles. The Morgan fingerprint density at radius 2 is 1.88 bits per heavy atom. The van der Waals surface area contributed by atoms with E-state index >= 15 is 0 Å². The number of piperazine rings is 1. The topological polar surface area (TPSA) is 55.8 Å². The number of phenolic OH excluding ortho intramolecular Hbond substituents is 1. The number of rotatable bonds is 5. The molecular formula is C17H25F2N3O2. The molecule has 1 atom stereocenters. The molecule has 0 radical (unpaired) electrons. The van der Waals surface area contributed by atoms with Crippen LogP contribution in [0, 0.1) is 17.6 Å². The second kappa shape index (κ2) is 7.90. The van der Waals surface area contributed by atoms with Crippen molar-refractivity contribution in [2.75, 3.05) is 39.8 Å². The normalized spacial score (nSPS) is 17.9. The Hall–Kier alpha value is -1.73. The molecule has 1 aliphatic rings. The molecule has 7 heteroatoms. The van der Waals surface area contributed by atoms with Gasteiger partial charge >= 0.3 is 0 Å². The van der Waals surface area contributed by atoms with E-state index in [1.807, 2.05) is 0 Å². The van der Waals surface area contributed by atoms with Gasteiger partial charge in [0.25, 0.3) is 5.91 Å². The molecule has 24 heavy (non-hydrogen) atoms. The lowest BCUT2D eigenvalue weighted by atomic mass is 10.0. The lowest BCUT2D eigenvalue weighted by Gasteiger charge is -2.39. The molecule has 1 aliphatic heterocycles. The highest BCUT2D eigenvalue weighted by atomic mass is 19.1. The van der Waals surface area contributed by atoms with Gasteiger partial charge in [-0.25, -0.2) is 8.78 Å². The van der Waals surface area contributed by atoms with E-state index in [1.165, 1.54) is 0 Å². The van der Waals surface area contributed by atoms with Gasteiger partial charge in [-0.15, -0.1) is 0 Å². The number of hydrogen-bond donors (Lipinski definition) is 2. The summed E-state index contributed by atoms with van der Waals surface area (Å²) >= 11 is 0. The Bertz CT molecular complexity index is 564. The minimum Gasteiger partial charge on any atom is -0.507 e. The summed E-state index contributed by atoms with van der Waals surface area (Å²) < 4.78 is 26.8. The van der Waals surface area contributed by atoms with Crippen molar-refractivity contribution in [2.45, 2.75) is 19.9 Å². The van der Waals surface area contributed by atoms with Crippen molar-refractivity contribution in [3.8, 4) is 5.75 Å². The van der Waals surface area contributed by atoms with Crippen LogP contribution in [0.4, 0.5) is 8.78 Å². The van der Waals surface area contributed by atoms with Crippen LogP contribution in [0.1, 0.15) is 24.2 Å². The average molecular weight is 341 g/mol. The van der Waals surface area contributed by atoms with Gasteiger partial charge in [0.05, 0.1) is 0 Å². The molecule has 0 spiro atoms. The minimum atomic E-state index is -1.06. The van der Waals surface area contributed by atoms with E-state index in [2.05, 4.69) is 36.0 Å². The number of nitrogens with one attached hydrogen (secondary N) is 1. The Morgan fingerprint density at radius 1 is 1.25 bits per heavy atom. The van der Waals surface area contributed by atoms with E-state index in [0.29, 0.717) is 18.5 Å². The van der Waals surface area contributed by atoms with Crippen LogP contribution < -0.4 is 5.32 Å². The molecule has 1 amide bonds. The molecule has 0 aliphatic carbocycles. The average Bonchev–Trinajstić information content (AvgIpc) is 2.47. The number of hydrogen-bond acceptors (Lipinski definition) is 4. The first-order valence-corrected chi connectivity index (χ1v) is 8.18. The largest absolute Gasteiger partial charge is 0.507 e. The van der Waals surface area contributed by atoms with Gasteiger partial charge in [-0.1, -0.05) is 13.8 Å². The van der Waals surface area contributed by atoms with E-state index in [1.54, 1.807) is 0 Å². The lowest BCUT2D eigenvalue weighted by molar-refractivity contribution is 0.0787. The van der Waals surface area contributed by atoms with Crippen molar-refractivity contribution in [1.82, 2.24) is 15.1 Å². The summed E-state index contributed by atoms with van der Waals surface area (Å²) in [6.07, 6.45) is 0. The fourth-order valence-electron chi connectivity index (χ4n) is 3.01. The molecule has 0 unspecified atom stereocenters. The molecule has 1 aromatic rings. The molecule has 0 bridgehead atoms. The molecule has 134 valence electrons. The monoisotopic (exact) mass is 341 g/mol. The van der Waals surface area contributed by atoms with Gasteiger partial charge in [-0.3, -0.25) is 9.69 Å². The lowest BCUT2D eigenvalue weighted by Crippen LogP contribution is -2.54. The number of carbonyl (C=O) groups excluding carboxylic acids is 1. The Morgan fingerprint density at radius 3 is 2.42 bits per heavy atom. The predicted octanol–water partition coefficient (Wildman–Crippen LogP) is 1.67. The number of phenols is 1. The van der Waals surface area contributed by atoms with Gasteiger partial charge in [-0.05, 0) is 13.0 Å². The molecule has 1 heterocycles. The predicted molar refractivity (Wildman–Crippen MR) is 88.1 cm³/mol. The Balaban J connectivity index is 2.03. The summed E-state index contributed by atoms with van der Waals surface area (Å²) in [6.45, 7) is 8.23. The van der Waals surface area contributed by atoms with Crippen LogP contribution in [0.15, 0.2) is 12.1 Å². The molecule has 0 saturated carbocycles. The number of aromatic hydroxyl groups is 1. The van der Waals surface area contributed by atoms with E-state index in [0.717, 1.165) is 32.2 Å². The summed E-state index contributed by atoms with van der Waals surface area (Å²) in [7, 11) is 2.07. The highest BCUT2D eigenvalue weighted by Crippen LogP contribution is 2.22. The smallest absolute Gasteiger partial charge is 0.258 e. The van der Waals surface area contributed by atoms with E-state index < -0.39 is 28.9 Å². The van der Waals surface area contributed by atoms with Crippen molar-refractivity contribution < 1.29 is 18.7 Å². The molecule has 0 aromatic heterocycles. The van der Waals surface area contributed by atoms with Crippen molar-refractivity contribution in [1.29, 1.82) is 0 Å². The third-order valence-electron chi connectivity index (χ3n) is 4.51. The maximum atomic E-state index is 13.8. The standard InChI is InChI=1S/C17H25F2N3O2/c1-11(2)14(22-6-4-21(3)5-7-22)10-20-17(24)16-13(19)8-12(18)9-15(16)23/h8-9,11,14,23H,4-7,10H2,1-3H3,(H,20,24)/t14-/m0/s1. The number of amides is 1. The molecular weight excluding hydrogens is 316 g/mol. The zero-order valence-corrected chi connectivity index (χ0v) is 14.4. The SMILES string of the molecule is CC(C)[C@H](CNC(=O)c1c(O)cc(F)cc1F)N1CCN(C)CC1. The summed E-state index contributed by atoms with van der Waals surface area (Å²) in [5, 5.41) is 12.3. The first-order valence-electron chi connectivity index (χ1n) is 8.18. The molecule has 5 nitrogen and oxygen atoms in total. The third-order valence-corrected chi connectivity index (χ3v) is 4.51. The van der Waals surface area contributed by atoms with Gasteiger partial charge in [-0.2, -0.15) is 0 Å². The van der Waals surface area contributed by atoms with Crippen molar-refractivity contribution in [2.24, 2.45) is 5.92 Å². The van der Waals surface area contributed by atoms with Crippen LogP contribution in [-0.4, -0.2) is 66.6 Å². The molecule has 1 saturated heterocycles. The van der Waals surface area contributed by atoms with Crippen LogP contribution in [0.25, 0.3) is 0 Å². The van der Waals surface area contributed by atoms with Crippen LogP contribution in [-0.2, 0) is 0 Å². The Kier molecular flexibility index (Phi) is 6.12. The molecule has 2 rings (SSSR count). The second-order valence-corrected chi connectivity index (χ2v) is 6.64. The number of benzene rings is 1. The van der Waals surface area contributed by atoms with Crippen molar-refractivity contribution >= 4 is 5.91 Å². The quantitative estimate of drug-likeness (QED) is 0.855. The summed E-state index contributed by atoms with van der Waals surface area (Å²) in [5.74, 6) is -3.10. The van der Waals surface area contributed by atoms with Crippen LogP contribution in [0.5, 0.6) is 5.75 Å². The van der Waals surface area contributed by atoms with Gasteiger partial charge in [0.2, 0.25) is 0 Å². The maximum absolute atomic E-state index is 13.8. The minimum absolute atomic E-state index is 0.119. The van der Waals surface area contributed by atoms with E-state index in [4.69, 9.17) is 0 Å². The van der Waals surface area contributed by atoms with E-state index in [-0.39, 0.29) is 6.04 Å². The first-order chi connectivity index (χ1) is 11.3. The van der Waals surface area contributed by atoms with Crippen molar-refractivity contribution in [3.05, 3.63) is 29.3 Å². The van der Waals surface area contributed by atoms with Crippen LogP contribution in [0.3, 0.4) is 0 Å². The fraction of sp³-hybridized carbons (Fsp3) is 0.588. The van der Waals surface area contributed by atoms with Crippen LogP contribution in [0.2, 0.25) is 0 Å². The molecule has 2 N–H and O–H groups in total. The summed E-state index contributed by atoms with van der Waals surface area (Å²) in [5.41, 5.74) is -0.516. The van der Waals surface area contributed by atoms with E-state index in [9.17, 15) is 18.7 Å². The highest BCUT2D eigenvalue weighted by molar-refractivity contribution is 5.97. The number of halogens is 2. The summed E-state index contributed by atoms with van der Waals surface area (Å²) in [6, 6.07) is 1.45. The second-order valence-electron chi connectivity index (χ2n) is 6.64. The number of likely N-dealkylation sites (N-methyl/N-ethyl adjacent to an activating group) is 1. The van der Waals surface area contributed by atoms with Gasteiger partial charge in [0.1, 0.15) is 22.9 Å². The molecule has 1 fully saturated rings. The van der Waals surface area contributed by atoms with Gasteiger partial charge in [0.15, 0.2) is 0 Å². The zero-order valence-electron chi connectivity index (χ0n) is 14.4. The van der Waals surface area contributed by atoms with Crippen molar-refractivity contribution in [3.63, 3.8) is 0 Å². The van der Waals surface area contributed by atoms with Gasteiger partial charge < -0.3 is 15.3 Å². The zero-order chi connectivity index (χ0) is 17.9. The number of carbonyl (C=O) groups is 1. The fourth-order valence-corrected chi connectivity index (χ4v) is 3.01. The maximum Gasteiger partial charge on any atom is 0.258 e. The number of nitrogens with zero attached hydrogens (tertiary/aromatic N) is 2. The third kappa shape index (κ3) is 4.42.